The molecule has 0 unspecified atom stereocenters. The van der Waals surface area contributed by atoms with Crippen molar-refractivity contribution in [2.45, 2.75) is 58.9 Å². The van der Waals surface area contributed by atoms with Crippen molar-refractivity contribution >= 4 is 11.7 Å². The quantitative estimate of drug-likeness (QED) is 0.891. The lowest BCUT2D eigenvalue weighted by Crippen LogP contribution is -2.29. The number of nitrogens with one attached hydrogen (secondary N) is 2. The predicted octanol–water partition coefficient (Wildman–Crippen LogP) is 4.00. The maximum absolute atomic E-state index is 12.5. The molecule has 1 heterocycles. The molecule has 4 nitrogen and oxygen atoms in total. The molecule has 0 spiro atoms. The maximum Gasteiger partial charge on any atom is 0.319 e. The maximum atomic E-state index is 12.5. The molecule has 0 saturated carbocycles. The summed E-state index contributed by atoms with van der Waals surface area (Å²) in [6.07, 6.45) is 8.70. The summed E-state index contributed by atoms with van der Waals surface area (Å²) in [4.78, 5) is 16.8. The highest BCUT2D eigenvalue weighted by Gasteiger charge is 2.24. The van der Waals surface area contributed by atoms with E-state index >= 15 is 0 Å². The van der Waals surface area contributed by atoms with E-state index in [0.29, 0.717) is 6.54 Å². The Hall–Kier alpha value is -2.36. The van der Waals surface area contributed by atoms with Gasteiger partial charge in [0, 0.05) is 24.1 Å². The van der Waals surface area contributed by atoms with Gasteiger partial charge in [-0.15, -0.1) is 0 Å². The molecule has 0 saturated heterocycles. The predicted molar refractivity (Wildman–Crippen MR) is 100 cm³/mol. The zero-order valence-electron chi connectivity index (χ0n) is 15.0. The lowest BCUT2D eigenvalue weighted by atomic mass is 9.99. The molecule has 0 radical (unpaired) electrons. The molecule has 1 aromatic heterocycles. The lowest BCUT2D eigenvalue weighted by molar-refractivity contribution is 0.251. The van der Waals surface area contributed by atoms with Gasteiger partial charge in [0.1, 0.15) is 0 Å². The van der Waals surface area contributed by atoms with Crippen molar-refractivity contribution in [2.75, 3.05) is 5.32 Å². The number of aromatic nitrogens is 1. The van der Waals surface area contributed by atoms with E-state index < -0.39 is 0 Å². The molecule has 4 rings (SSSR count). The van der Waals surface area contributed by atoms with E-state index in [4.69, 9.17) is 0 Å². The molecule has 130 valence electrons. The van der Waals surface area contributed by atoms with Crippen LogP contribution in [0.1, 0.15) is 51.9 Å². The number of rotatable bonds is 3. The summed E-state index contributed by atoms with van der Waals surface area (Å²) in [6.45, 7) is 4.54. The SMILES string of the molecule is Cc1cc(C)c(CNC(=O)Nc2c3c(cc4c2CCC4)CCC3)cn1. The Morgan fingerprint density at radius 1 is 1.04 bits per heavy atom. The second-order valence-corrected chi connectivity index (χ2v) is 7.29. The van der Waals surface area contributed by atoms with Crippen LogP contribution in [0.15, 0.2) is 18.3 Å². The standard InChI is InChI=1S/C21H25N3O/c1-13-9-14(2)22-11-17(13)12-23-21(25)24-20-18-7-3-5-15(18)10-16-6-4-8-19(16)20/h9-11H,3-8,12H2,1-2H3,(H2,23,24,25). The van der Waals surface area contributed by atoms with Crippen molar-refractivity contribution in [1.82, 2.24) is 10.3 Å². The van der Waals surface area contributed by atoms with E-state index in [1.807, 2.05) is 19.2 Å². The van der Waals surface area contributed by atoms with Crippen LogP contribution in [-0.2, 0) is 32.2 Å². The zero-order chi connectivity index (χ0) is 17.4. The monoisotopic (exact) mass is 335 g/mol. The first-order valence-corrected chi connectivity index (χ1v) is 9.25. The Morgan fingerprint density at radius 2 is 1.72 bits per heavy atom. The van der Waals surface area contributed by atoms with Crippen LogP contribution < -0.4 is 10.6 Å². The van der Waals surface area contributed by atoms with Crippen LogP contribution >= 0.6 is 0 Å². The molecule has 2 N–H and O–H groups in total. The molecule has 1 aromatic carbocycles. The van der Waals surface area contributed by atoms with E-state index in [9.17, 15) is 4.79 Å². The molecular formula is C21H25N3O. The number of carbonyl (C=O) groups is 1. The molecule has 25 heavy (non-hydrogen) atoms. The topological polar surface area (TPSA) is 54.0 Å². The Morgan fingerprint density at radius 3 is 2.36 bits per heavy atom. The van der Waals surface area contributed by atoms with E-state index in [1.165, 1.54) is 35.1 Å². The van der Waals surface area contributed by atoms with Crippen molar-refractivity contribution in [2.24, 2.45) is 0 Å². The van der Waals surface area contributed by atoms with Crippen molar-refractivity contribution in [1.29, 1.82) is 0 Å². The Balaban J connectivity index is 1.50. The number of aryl methyl sites for hydroxylation is 4. The average Bonchev–Trinajstić information content (AvgIpc) is 3.22. The zero-order valence-corrected chi connectivity index (χ0v) is 15.0. The molecule has 0 fully saturated rings. The van der Waals surface area contributed by atoms with Gasteiger partial charge in [-0.05, 0) is 91.8 Å². The number of benzene rings is 1. The highest BCUT2D eigenvalue weighted by molar-refractivity contribution is 5.92. The first-order valence-electron chi connectivity index (χ1n) is 9.25. The van der Waals surface area contributed by atoms with Crippen LogP contribution in [-0.4, -0.2) is 11.0 Å². The number of urea groups is 1. The third-order valence-electron chi connectivity index (χ3n) is 5.51. The fourth-order valence-electron chi connectivity index (χ4n) is 4.21. The minimum absolute atomic E-state index is 0.116. The van der Waals surface area contributed by atoms with Gasteiger partial charge in [-0.2, -0.15) is 0 Å². The highest BCUT2D eigenvalue weighted by atomic mass is 16.2. The number of carbonyl (C=O) groups excluding carboxylic acids is 1. The summed E-state index contributed by atoms with van der Waals surface area (Å²) >= 11 is 0. The van der Waals surface area contributed by atoms with Gasteiger partial charge in [-0.25, -0.2) is 4.79 Å². The van der Waals surface area contributed by atoms with Gasteiger partial charge in [0.15, 0.2) is 0 Å². The van der Waals surface area contributed by atoms with E-state index in [-0.39, 0.29) is 6.03 Å². The normalized spacial score (nSPS) is 15.0. The van der Waals surface area contributed by atoms with Crippen LogP contribution in [0.4, 0.5) is 10.5 Å². The summed E-state index contributed by atoms with van der Waals surface area (Å²) in [5, 5.41) is 6.17. The summed E-state index contributed by atoms with van der Waals surface area (Å²) < 4.78 is 0. The number of amides is 2. The first-order chi connectivity index (χ1) is 12.1. The smallest absolute Gasteiger partial charge is 0.319 e. The minimum Gasteiger partial charge on any atom is -0.334 e. The summed E-state index contributed by atoms with van der Waals surface area (Å²) in [6, 6.07) is 4.32. The molecule has 4 heteroatoms. The third-order valence-corrected chi connectivity index (χ3v) is 5.51. The van der Waals surface area contributed by atoms with Crippen molar-refractivity contribution in [3.8, 4) is 0 Å². The van der Waals surface area contributed by atoms with Gasteiger partial charge in [0.25, 0.3) is 0 Å². The van der Waals surface area contributed by atoms with E-state index in [1.54, 1.807) is 0 Å². The molecule has 2 aromatic rings. The average molecular weight is 335 g/mol. The van der Waals surface area contributed by atoms with Crippen molar-refractivity contribution in [3.05, 3.63) is 57.4 Å². The number of anilines is 1. The van der Waals surface area contributed by atoms with Gasteiger partial charge in [-0.3, -0.25) is 4.98 Å². The number of hydrogen-bond donors (Lipinski definition) is 2. The van der Waals surface area contributed by atoms with Gasteiger partial charge in [-0.1, -0.05) is 6.07 Å². The second-order valence-electron chi connectivity index (χ2n) is 7.29. The van der Waals surface area contributed by atoms with Crippen molar-refractivity contribution < 1.29 is 4.79 Å². The van der Waals surface area contributed by atoms with Crippen LogP contribution in [0.3, 0.4) is 0 Å². The van der Waals surface area contributed by atoms with Crippen LogP contribution in [0.5, 0.6) is 0 Å². The Bertz CT molecular complexity index is 809. The summed E-state index contributed by atoms with van der Waals surface area (Å²) in [5.41, 5.74) is 9.93. The lowest BCUT2D eigenvalue weighted by Gasteiger charge is -2.17. The van der Waals surface area contributed by atoms with Crippen LogP contribution in [0.2, 0.25) is 0 Å². The first kappa shape index (κ1) is 16.1. The van der Waals surface area contributed by atoms with Crippen LogP contribution in [0, 0.1) is 13.8 Å². The van der Waals surface area contributed by atoms with Gasteiger partial charge in [0.05, 0.1) is 0 Å². The summed E-state index contributed by atoms with van der Waals surface area (Å²) in [7, 11) is 0. The molecule has 0 atom stereocenters. The second kappa shape index (κ2) is 6.51. The summed E-state index contributed by atoms with van der Waals surface area (Å²) in [5.74, 6) is 0. The largest absolute Gasteiger partial charge is 0.334 e. The third kappa shape index (κ3) is 3.13. The van der Waals surface area contributed by atoms with Gasteiger partial charge < -0.3 is 10.6 Å². The fourth-order valence-corrected chi connectivity index (χ4v) is 4.21. The highest BCUT2D eigenvalue weighted by Crippen LogP contribution is 2.38. The van der Waals surface area contributed by atoms with E-state index in [0.717, 1.165) is 48.2 Å². The number of fused-ring (bicyclic) bond motifs is 2. The Labute approximate surface area is 149 Å². The molecule has 2 amide bonds. The van der Waals surface area contributed by atoms with Crippen LogP contribution in [0.25, 0.3) is 0 Å². The molecule has 2 aliphatic carbocycles. The number of nitrogens with zero attached hydrogens (tertiary/aromatic N) is 1. The van der Waals surface area contributed by atoms with Gasteiger partial charge in [0.2, 0.25) is 0 Å². The molecule has 0 bridgehead atoms. The van der Waals surface area contributed by atoms with E-state index in [2.05, 4.69) is 28.6 Å². The molecule has 0 aliphatic heterocycles. The van der Waals surface area contributed by atoms with Crippen molar-refractivity contribution in [3.63, 3.8) is 0 Å². The number of pyridine rings is 1. The molecule has 2 aliphatic rings. The van der Waals surface area contributed by atoms with Gasteiger partial charge >= 0.3 is 6.03 Å². The number of hydrogen-bond acceptors (Lipinski definition) is 2. The minimum atomic E-state index is -0.116. The Kier molecular flexibility index (Phi) is 4.20. The molecular weight excluding hydrogens is 310 g/mol. The fraction of sp³-hybridized carbons (Fsp3) is 0.429.